The smallest absolute Gasteiger partial charge is 0.379 e. The summed E-state index contributed by atoms with van der Waals surface area (Å²) in [5.41, 5.74) is 2.41. The summed E-state index contributed by atoms with van der Waals surface area (Å²) in [6.45, 7) is 4.00. The van der Waals surface area contributed by atoms with Crippen LogP contribution in [0.4, 0.5) is 5.69 Å². The number of aromatic nitrogens is 1. The van der Waals surface area contributed by atoms with Crippen molar-refractivity contribution in [3.8, 4) is 5.75 Å². The molecule has 41 heavy (non-hydrogen) atoms. The van der Waals surface area contributed by atoms with Gasteiger partial charge in [-0.2, -0.15) is 0 Å². The quantitative estimate of drug-likeness (QED) is 0.268. The van der Waals surface area contributed by atoms with Gasteiger partial charge in [-0.25, -0.2) is 14.6 Å². The average molecular weight is 570 g/mol. The van der Waals surface area contributed by atoms with Crippen LogP contribution in [-0.4, -0.2) is 36.1 Å². The first-order valence-corrected chi connectivity index (χ1v) is 13.6. The van der Waals surface area contributed by atoms with E-state index < -0.39 is 23.5 Å². The number of methoxy groups -OCH3 is 1. The molecule has 0 fully saturated rings. The van der Waals surface area contributed by atoms with Gasteiger partial charge in [0.05, 0.1) is 41.9 Å². The lowest BCUT2D eigenvalue weighted by atomic mass is 9.96. The van der Waals surface area contributed by atoms with Crippen molar-refractivity contribution in [1.82, 2.24) is 4.57 Å². The van der Waals surface area contributed by atoms with Crippen molar-refractivity contribution in [2.75, 3.05) is 18.6 Å². The van der Waals surface area contributed by atoms with Gasteiger partial charge in [-0.3, -0.25) is 14.2 Å². The molecular weight excluding hydrogens is 546 g/mol. The maximum Gasteiger partial charge on any atom is 0.379 e. The molecule has 2 aliphatic heterocycles. The number of allylic oxidation sites excluding steroid dienone is 1. The SMILES string of the molecule is CCN1C(=O)/C(=c2\sc3n(c2=O)[C@@H](c2ccc(OC(=O)c4ccco4)cc2)C(C(=O)OC)=C(C)N=3)c2ccccc21. The van der Waals surface area contributed by atoms with Crippen molar-refractivity contribution >= 4 is 40.4 Å². The number of ether oxygens (including phenoxy) is 2. The minimum Gasteiger partial charge on any atom is -0.466 e. The molecule has 4 heterocycles. The molecule has 0 bridgehead atoms. The number of benzene rings is 2. The van der Waals surface area contributed by atoms with Gasteiger partial charge >= 0.3 is 11.9 Å². The molecule has 2 aromatic carbocycles. The molecule has 0 radical (unpaired) electrons. The van der Waals surface area contributed by atoms with E-state index in [-0.39, 0.29) is 27.5 Å². The third kappa shape index (κ3) is 4.21. The fraction of sp³-hybridized carbons (Fsp3) is 0.167. The molecule has 11 heteroatoms. The van der Waals surface area contributed by atoms with Crippen molar-refractivity contribution in [2.24, 2.45) is 4.99 Å². The molecule has 10 nitrogen and oxygen atoms in total. The fourth-order valence-corrected chi connectivity index (χ4v) is 6.28. The zero-order valence-corrected chi connectivity index (χ0v) is 23.1. The molecule has 0 aliphatic carbocycles. The Morgan fingerprint density at radius 3 is 2.46 bits per heavy atom. The molecule has 1 atom stereocenters. The van der Waals surface area contributed by atoms with Crippen LogP contribution in [0.5, 0.6) is 5.75 Å². The van der Waals surface area contributed by atoms with Gasteiger partial charge in [0.15, 0.2) is 4.80 Å². The molecule has 206 valence electrons. The van der Waals surface area contributed by atoms with E-state index in [2.05, 4.69) is 4.99 Å². The first-order valence-electron chi connectivity index (χ1n) is 12.7. The second-order valence-electron chi connectivity index (χ2n) is 9.27. The highest BCUT2D eigenvalue weighted by atomic mass is 32.1. The molecule has 2 aromatic heterocycles. The van der Waals surface area contributed by atoms with Crippen LogP contribution in [0.15, 0.2) is 92.4 Å². The number of esters is 2. The minimum absolute atomic E-state index is 0.0543. The molecule has 2 aliphatic rings. The van der Waals surface area contributed by atoms with Crippen molar-refractivity contribution in [1.29, 1.82) is 0 Å². The Balaban J connectivity index is 1.51. The maximum atomic E-state index is 14.1. The molecular formula is C30H23N3O7S. The fourth-order valence-electron chi connectivity index (χ4n) is 5.14. The number of hydrogen-bond donors (Lipinski definition) is 0. The van der Waals surface area contributed by atoms with Crippen LogP contribution in [0.2, 0.25) is 0 Å². The van der Waals surface area contributed by atoms with Crippen LogP contribution in [-0.2, 0) is 14.3 Å². The topological polar surface area (TPSA) is 120 Å². The predicted molar refractivity (Wildman–Crippen MR) is 149 cm³/mol. The minimum atomic E-state index is -0.892. The van der Waals surface area contributed by atoms with Gasteiger partial charge in [-0.1, -0.05) is 41.7 Å². The van der Waals surface area contributed by atoms with Crippen molar-refractivity contribution in [3.63, 3.8) is 0 Å². The van der Waals surface area contributed by atoms with Crippen LogP contribution in [0.1, 0.15) is 41.6 Å². The molecule has 6 rings (SSSR count). The van der Waals surface area contributed by atoms with Crippen LogP contribution >= 0.6 is 11.3 Å². The van der Waals surface area contributed by atoms with Gasteiger partial charge in [0, 0.05) is 12.1 Å². The number of likely N-dealkylation sites (N-methyl/N-ethyl adjacent to an activating group) is 1. The lowest BCUT2D eigenvalue weighted by molar-refractivity contribution is -0.136. The number of carbonyl (C=O) groups excluding carboxylic acids is 3. The second-order valence-corrected chi connectivity index (χ2v) is 10.2. The van der Waals surface area contributed by atoms with Crippen LogP contribution in [0, 0.1) is 0 Å². The third-order valence-corrected chi connectivity index (χ3v) is 8.05. The van der Waals surface area contributed by atoms with Gasteiger partial charge < -0.3 is 18.8 Å². The Hall–Kier alpha value is -5.03. The third-order valence-electron chi connectivity index (χ3n) is 7.00. The lowest BCUT2D eigenvalue weighted by Crippen LogP contribution is -2.40. The van der Waals surface area contributed by atoms with E-state index in [1.165, 1.54) is 24.0 Å². The Morgan fingerprint density at radius 1 is 1.02 bits per heavy atom. The maximum absolute atomic E-state index is 14.1. The summed E-state index contributed by atoms with van der Waals surface area (Å²) < 4.78 is 17.2. The lowest BCUT2D eigenvalue weighted by Gasteiger charge is -2.24. The van der Waals surface area contributed by atoms with Gasteiger partial charge in [0.25, 0.3) is 11.5 Å². The number of furan rings is 1. The second kappa shape index (κ2) is 10.2. The highest BCUT2D eigenvalue weighted by Crippen LogP contribution is 2.35. The molecule has 0 saturated carbocycles. The van der Waals surface area contributed by atoms with Crippen molar-refractivity contribution < 1.29 is 28.3 Å². The number of para-hydroxylation sites is 1. The Bertz CT molecular complexity index is 1930. The molecule has 4 aromatic rings. The monoisotopic (exact) mass is 569 g/mol. The Kier molecular flexibility index (Phi) is 6.50. The van der Waals surface area contributed by atoms with E-state index in [4.69, 9.17) is 13.9 Å². The number of thiazole rings is 1. The number of fused-ring (bicyclic) bond motifs is 2. The molecule has 0 saturated heterocycles. The van der Waals surface area contributed by atoms with Gasteiger partial charge in [0.1, 0.15) is 10.3 Å². The van der Waals surface area contributed by atoms with Crippen molar-refractivity contribution in [2.45, 2.75) is 19.9 Å². The van der Waals surface area contributed by atoms with Gasteiger partial charge in [-0.05, 0) is 49.7 Å². The summed E-state index contributed by atoms with van der Waals surface area (Å²) in [5.74, 6) is -1.26. The zero-order valence-electron chi connectivity index (χ0n) is 22.2. The van der Waals surface area contributed by atoms with E-state index in [1.54, 1.807) is 42.2 Å². The molecule has 1 amide bonds. The number of amides is 1. The summed E-state index contributed by atoms with van der Waals surface area (Å²) >= 11 is 1.11. The largest absolute Gasteiger partial charge is 0.466 e. The summed E-state index contributed by atoms with van der Waals surface area (Å²) in [4.78, 5) is 59.4. The van der Waals surface area contributed by atoms with Crippen LogP contribution in [0.25, 0.3) is 5.57 Å². The standard InChI is InChI=1S/C30H23N3O7S/c1-4-32-20-9-6-5-8-19(20)23(26(32)34)25-27(35)33-24(22(29(37)38-3)16(2)31-30(33)41-25)17-11-13-18(14-12-17)40-28(36)21-10-7-15-39-21/h5-15,24H,4H2,1-3H3/b25-23-/t24-/m0/s1. The first-order chi connectivity index (χ1) is 19.8. The highest BCUT2D eigenvalue weighted by Gasteiger charge is 2.36. The molecule has 0 unspecified atom stereocenters. The predicted octanol–water partition coefficient (Wildman–Crippen LogP) is 2.96. The first kappa shape index (κ1) is 26.2. The van der Waals surface area contributed by atoms with Crippen LogP contribution in [0.3, 0.4) is 0 Å². The van der Waals surface area contributed by atoms with E-state index in [1.807, 2.05) is 31.2 Å². The number of carbonyl (C=O) groups is 3. The van der Waals surface area contributed by atoms with Crippen molar-refractivity contribution in [3.05, 3.63) is 115 Å². The Labute approximate surface area is 237 Å². The van der Waals surface area contributed by atoms with E-state index in [0.29, 0.717) is 33.7 Å². The van der Waals surface area contributed by atoms with E-state index >= 15 is 0 Å². The Morgan fingerprint density at radius 2 is 1.78 bits per heavy atom. The normalized spacial score (nSPS) is 17.2. The van der Waals surface area contributed by atoms with Gasteiger partial charge in [-0.15, -0.1) is 0 Å². The highest BCUT2D eigenvalue weighted by molar-refractivity contribution is 7.07. The number of anilines is 1. The summed E-state index contributed by atoms with van der Waals surface area (Å²) in [7, 11) is 1.26. The molecule has 0 N–H and O–H groups in total. The number of hydrogen-bond acceptors (Lipinski definition) is 9. The van der Waals surface area contributed by atoms with Gasteiger partial charge in [0.2, 0.25) is 5.76 Å². The van der Waals surface area contributed by atoms with E-state index in [9.17, 15) is 19.2 Å². The zero-order chi connectivity index (χ0) is 28.8. The average Bonchev–Trinajstić information content (AvgIpc) is 3.69. The summed E-state index contributed by atoms with van der Waals surface area (Å²) in [5, 5.41) is 0. The summed E-state index contributed by atoms with van der Waals surface area (Å²) in [6, 6.07) is 16.0. The van der Waals surface area contributed by atoms with Crippen LogP contribution < -0.4 is 24.5 Å². The number of rotatable bonds is 5. The van der Waals surface area contributed by atoms with E-state index in [0.717, 1.165) is 17.0 Å². The number of nitrogens with zero attached hydrogens (tertiary/aromatic N) is 3. The summed E-state index contributed by atoms with van der Waals surface area (Å²) in [6.07, 6.45) is 1.37. The molecule has 0 spiro atoms.